The zero-order chi connectivity index (χ0) is 14.9. The Kier molecular flexibility index (Phi) is 4.22. The summed E-state index contributed by atoms with van der Waals surface area (Å²) in [7, 11) is -1.55. The van der Waals surface area contributed by atoms with Gasteiger partial charge in [-0.2, -0.15) is 0 Å². The molecule has 1 aliphatic rings. The van der Waals surface area contributed by atoms with Crippen molar-refractivity contribution >= 4 is 22.6 Å². The average Bonchev–Trinajstić information content (AvgIpc) is 2.38. The number of anilines is 1. The van der Waals surface area contributed by atoms with Crippen LogP contribution in [0.5, 0.6) is 0 Å². The number of carboxylic acid groups (broad SMARTS) is 1. The number of halogens is 2. The van der Waals surface area contributed by atoms with Crippen molar-refractivity contribution in [2.24, 2.45) is 0 Å². The fraction of sp³-hybridized carbons (Fsp3) is 0.417. The Morgan fingerprint density at radius 3 is 2.30 bits per heavy atom. The van der Waals surface area contributed by atoms with E-state index >= 15 is 0 Å². The van der Waals surface area contributed by atoms with Crippen LogP contribution >= 0.6 is 0 Å². The molecule has 20 heavy (non-hydrogen) atoms. The molecular formula is C12H14F2N2O3S. The summed E-state index contributed by atoms with van der Waals surface area (Å²) >= 11 is 0. The Morgan fingerprint density at radius 2 is 1.80 bits per heavy atom. The summed E-state index contributed by atoms with van der Waals surface area (Å²) in [6, 6.07) is 1.95. The lowest BCUT2D eigenvalue weighted by Crippen LogP contribution is -2.48. The van der Waals surface area contributed by atoms with E-state index in [-0.39, 0.29) is 23.7 Å². The van der Waals surface area contributed by atoms with E-state index < -0.39 is 28.5 Å². The molecule has 0 spiro atoms. The minimum absolute atomic E-state index is 0.0536. The fourth-order valence-electron chi connectivity index (χ4n) is 2.12. The second-order valence-corrected chi connectivity index (χ2v) is 5.79. The SMILES string of the molecule is C[S@](=O)c1cc(N2CCN(C(=O)O)CC2)c(F)cc1F. The van der Waals surface area contributed by atoms with Gasteiger partial charge in [0.2, 0.25) is 0 Å². The molecular weight excluding hydrogens is 290 g/mol. The van der Waals surface area contributed by atoms with Crippen LogP contribution in [-0.2, 0) is 10.8 Å². The lowest BCUT2D eigenvalue weighted by Gasteiger charge is -2.34. The number of hydrogen-bond donors (Lipinski definition) is 1. The van der Waals surface area contributed by atoms with Crippen LogP contribution in [0.1, 0.15) is 0 Å². The highest BCUT2D eigenvalue weighted by atomic mass is 32.2. The van der Waals surface area contributed by atoms with Crippen molar-refractivity contribution < 1.29 is 22.9 Å². The van der Waals surface area contributed by atoms with Crippen LogP contribution < -0.4 is 4.90 Å². The molecule has 0 unspecified atom stereocenters. The molecule has 1 heterocycles. The molecule has 8 heteroatoms. The van der Waals surface area contributed by atoms with E-state index in [1.807, 2.05) is 0 Å². The average molecular weight is 304 g/mol. The van der Waals surface area contributed by atoms with Crippen LogP contribution in [0.25, 0.3) is 0 Å². The minimum atomic E-state index is -1.55. The summed E-state index contributed by atoms with van der Waals surface area (Å²) in [5, 5.41) is 8.85. The summed E-state index contributed by atoms with van der Waals surface area (Å²) < 4.78 is 38.7. The third-order valence-corrected chi connectivity index (χ3v) is 4.13. The van der Waals surface area contributed by atoms with Gasteiger partial charge < -0.3 is 14.9 Å². The van der Waals surface area contributed by atoms with Crippen molar-refractivity contribution in [1.29, 1.82) is 0 Å². The van der Waals surface area contributed by atoms with Crippen LogP contribution in [-0.4, -0.2) is 52.7 Å². The Bertz CT molecular complexity index is 560. The third-order valence-electron chi connectivity index (χ3n) is 3.20. The minimum Gasteiger partial charge on any atom is -0.465 e. The molecule has 0 aliphatic carbocycles. The summed E-state index contributed by atoms with van der Waals surface area (Å²) in [5.74, 6) is -1.57. The quantitative estimate of drug-likeness (QED) is 0.899. The van der Waals surface area contributed by atoms with Gasteiger partial charge in [-0.1, -0.05) is 0 Å². The Labute approximate surface area is 117 Å². The molecule has 1 fully saturated rings. The van der Waals surface area contributed by atoms with Crippen molar-refractivity contribution in [2.45, 2.75) is 4.90 Å². The number of piperazine rings is 1. The molecule has 5 nitrogen and oxygen atoms in total. The molecule has 0 bridgehead atoms. The van der Waals surface area contributed by atoms with E-state index in [2.05, 4.69) is 0 Å². The van der Waals surface area contributed by atoms with Gasteiger partial charge in [0.15, 0.2) is 0 Å². The maximum absolute atomic E-state index is 13.8. The molecule has 1 atom stereocenters. The van der Waals surface area contributed by atoms with Gasteiger partial charge in [-0.25, -0.2) is 13.6 Å². The number of carbonyl (C=O) groups is 1. The van der Waals surface area contributed by atoms with E-state index in [0.29, 0.717) is 13.1 Å². The number of benzene rings is 1. The van der Waals surface area contributed by atoms with Gasteiger partial charge in [0.25, 0.3) is 0 Å². The number of hydrogen-bond acceptors (Lipinski definition) is 3. The van der Waals surface area contributed by atoms with Crippen LogP contribution in [0.3, 0.4) is 0 Å². The lowest BCUT2D eigenvalue weighted by molar-refractivity contribution is 0.142. The largest absolute Gasteiger partial charge is 0.465 e. The van der Waals surface area contributed by atoms with Crippen molar-refractivity contribution in [1.82, 2.24) is 4.90 Å². The predicted octanol–water partition coefficient (Wildman–Crippen LogP) is 1.50. The highest BCUT2D eigenvalue weighted by Gasteiger charge is 2.23. The summed E-state index contributed by atoms with van der Waals surface area (Å²) in [6.07, 6.45) is 0.308. The Balaban J connectivity index is 2.24. The molecule has 0 saturated carbocycles. The number of rotatable bonds is 2. The van der Waals surface area contributed by atoms with Crippen LogP contribution in [0.2, 0.25) is 0 Å². The van der Waals surface area contributed by atoms with Gasteiger partial charge >= 0.3 is 6.09 Å². The van der Waals surface area contributed by atoms with Crippen LogP contribution in [0, 0.1) is 11.6 Å². The second kappa shape index (κ2) is 5.74. The van der Waals surface area contributed by atoms with Crippen molar-refractivity contribution in [3.05, 3.63) is 23.8 Å². The third kappa shape index (κ3) is 2.90. The zero-order valence-electron chi connectivity index (χ0n) is 10.8. The zero-order valence-corrected chi connectivity index (χ0v) is 11.6. The molecule has 1 N–H and O–H groups in total. The van der Waals surface area contributed by atoms with Crippen molar-refractivity contribution in [3.8, 4) is 0 Å². The van der Waals surface area contributed by atoms with E-state index in [4.69, 9.17) is 5.11 Å². The van der Waals surface area contributed by atoms with Crippen LogP contribution in [0.4, 0.5) is 19.3 Å². The molecule has 1 aromatic rings. The van der Waals surface area contributed by atoms with Crippen LogP contribution in [0.15, 0.2) is 17.0 Å². The molecule has 110 valence electrons. The molecule has 0 aromatic heterocycles. The monoisotopic (exact) mass is 304 g/mol. The highest BCUT2D eigenvalue weighted by Crippen LogP contribution is 2.26. The first-order valence-corrected chi connectivity index (χ1v) is 7.51. The first kappa shape index (κ1) is 14.7. The predicted molar refractivity (Wildman–Crippen MR) is 70.5 cm³/mol. The van der Waals surface area contributed by atoms with Gasteiger partial charge in [0, 0.05) is 38.5 Å². The smallest absolute Gasteiger partial charge is 0.407 e. The van der Waals surface area contributed by atoms with Crippen molar-refractivity contribution in [3.63, 3.8) is 0 Å². The first-order valence-electron chi connectivity index (χ1n) is 5.95. The van der Waals surface area contributed by atoms with E-state index in [1.54, 1.807) is 4.90 Å². The maximum Gasteiger partial charge on any atom is 0.407 e. The highest BCUT2D eigenvalue weighted by molar-refractivity contribution is 7.84. The normalized spacial score (nSPS) is 17.1. The molecule has 1 saturated heterocycles. The molecule has 1 aliphatic heterocycles. The molecule has 1 aromatic carbocycles. The lowest BCUT2D eigenvalue weighted by atomic mass is 10.2. The van der Waals surface area contributed by atoms with E-state index in [1.165, 1.54) is 17.2 Å². The first-order chi connectivity index (χ1) is 9.40. The van der Waals surface area contributed by atoms with E-state index in [9.17, 15) is 17.8 Å². The standard InChI is InChI=1S/C12H14F2N2O3S/c1-20(19)11-7-10(8(13)6-9(11)14)15-2-4-16(5-3-15)12(17)18/h6-7H,2-5H2,1H3,(H,17,18)/t20-/m0/s1. The topological polar surface area (TPSA) is 60.9 Å². The van der Waals surface area contributed by atoms with Crippen molar-refractivity contribution in [2.75, 3.05) is 37.3 Å². The van der Waals surface area contributed by atoms with Gasteiger partial charge in [-0.15, -0.1) is 0 Å². The Hall–Kier alpha value is -1.70. The summed E-state index contributed by atoms with van der Waals surface area (Å²) in [4.78, 5) is 13.6. The fourth-order valence-corrected chi connectivity index (χ4v) is 2.73. The maximum atomic E-state index is 13.8. The number of amides is 1. The van der Waals surface area contributed by atoms with Gasteiger partial charge in [-0.3, -0.25) is 4.21 Å². The van der Waals surface area contributed by atoms with Gasteiger partial charge in [0.05, 0.1) is 21.4 Å². The Morgan fingerprint density at radius 1 is 1.20 bits per heavy atom. The molecule has 1 amide bonds. The summed E-state index contributed by atoms with van der Waals surface area (Å²) in [5.41, 5.74) is 0.154. The summed E-state index contributed by atoms with van der Waals surface area (Å²) in [6.45, 7) is 1.11. The molecule has 2 rings (SSSR count). The number of nitrogens with zero attached hydrogens (tertiary/aromatic N) is 2. The van der Waals surface area contributed by atoms with Gasteiger partial charge in [0.1, 0.15) is 11.6 Å². The molecule has 0 radical (unpaired) electrons. The second-order valence-electron chi connectivity index (χ2n) is 4.44. The van der Waals surface area contributed by atoms with E-state index in [0.717, 1.165) is 6.07 Å². The van der Waals surface area contributed by atoms with Gasteiger partial charge in [-0.05, 0) is 6.07 Å².